The first-order valence-electron chi connectivity index (χ1n) is 4.95. The van der Waals surface area contributed by atoms with Crippen LogP contribution in [0.4, 0.5) is 4.39 Å². The summed E-state index contributed by atoms with van der Waals surface area (Å²) in [6.07, 6.45) is 3.83. The van der Waals surface area contributed by atoms with Crippen LogP contribution in [0.5, 0.6) is 0 Å². The monoisotopic (exact) mass is 257 g/mol. The van der Waals surface area contributed by atoms with Crippen LogP contribution in [0.3, 0.4) is 0 Å². The first-order valence-corrected chi connectivity index (χ1v) is 5.74. The van der Waals surface area contributed by atoms with Gasteiger partial charge in [-0.3, -0.25) is 0 Å². The summed E-state index contributed by atoms with van der Waals surface area (Å²) < 4.78 is 14.4. The van der Waals surface area contributed by atoms with E-state index in [1.54, 1.807) is 6.20 Å². The lowest BCUT2D eigenvalue weighted by atomic mass is 10.0. The van der Waals surface area contributed by atoms with Crippen molar-refractivity contribution in [1.29, 1.82) is 0 Å². The molecule has 1 heterocycles. The van der Waals surface area contributed by atoms with Crippen molar-refractivity contribution in [3.05, 3.63) is 27.7 Å². The summed E-state index contributed by atoms with van der Waals surface area (Å²) in [7, 11) is 0. The molecule has 1 aromatic rings. The van der Waals surface area contributed by atoms with Crippen LogP contribution in [0.2, 0.25) is 0 Å². The van der Waals surface area contributed by atoms with E-state index in [4.69, 9.17) is 0 Å². The van der Waals surface area contributed by atoms with E-state index in [9.17, 15) is 4.39 Å². The van der Waals surface area contributed by atoms with Crippen LogP contribution in [0.25, 0.3) is 0 Å². The minimum Gasteiger partial charge on any atom is -0.228 e. The number of pyridine rings is 1. The lowest BCUT2D eigenvalue weighted by Crippen LogP contribution is -2.00. The maximum Gasteiger partial charge on any atom is 0.217 e. The van der Waals surface area contributed by atoms with Gasteiger partial charge < -0.3 is 0 Å². The Balaban J connectivity index is 2.50. The number of aromatic nitrogens is 1. The second kappa shape index (κ2) is 3.61. The first-order chi connectivity index (χ1) is 6.61. The second-order valence-electron chi connectivity index (χ2n) is 4.16. The molecule has 3 heteroatoms. The van der Waals surface area contributed by atoms with Gasteiger partial charge in [0.15, 0.2) is 0 Å². The summed E-state index contributed by atoms with van der Waals surface area (Å²) in [4.78, 5) is 3.83. The molecular formula is C11H13BrFN. The third-order valence-electron chi connectivity index (χ3n) is 2.64. The smallest absolute Gasteiger partial charge is 0.217 e. The van der Waals surface area contributed by atoms with E-state index >= 15 is 0 Å². The minimum absolute atomic E-state index is 0.302. The molecule has 1 aliphatic carbocycles. The highest BCUT2D eigenvalue weighted by Gasteiger charge is 2.30. The Morgan fingerprint density at radius 3 is 2.64 bits per heavy atom. The molecule has 76 valence electrons. The number of nitrogens with zero attached hydrogens (tertiary/aromatic N) is 1. The Morgan fingerprint density at radius 2 is 2.14 bits per heavy atom. The average molecular weight is 258 g/mol. The Morgan fingerprint density at radius 1 is 1.50 bits per heavy atom. The van der Waals surface area contributed by atoms with Gasteiger partial charge >= 0.3 is 0 Å². The van der Waals surface area contributed by atoms with Crippen LogP contribution in [0.15, 0.2) is 10.7 Å². The molecule has 14 heavy (non-hydrogen) atoms. The summed E-state index contributed by atoms with van der Waals surface area (Å²) in [5, 5.41) is 0. The van der Waals surface area contributed by atoms with Crippen LogP contribution in [-0.4, -0.2) is 4.98 Å². The molecule has 2 rings (SSSR count). The minimum atomic E-state index is -0.302. The Kier molecular flexibility index (Phi) is 2.60. The maximum atomic E-state index is 13.4. The molecule has 0 N–H and O–H groups in total. The molecule has 0 amide bonds. The molecule has 0 radical (unpaired) electrons. The SMILES string of the molecule is CC(C)c1cnc(F)c(C2CC2)c1Br. The fraction of sp³-hybridized carbons (Fsp3) is 0.545. The van der Waals surface area contributed by atoms with Crippen molar-refractivity contribution >= 4 is 15.9 Å². The summed E-state index contributed by atoms with van der Waals surface area (Å²) in [6, 6.07) is 0. The third kappa shape index (κ3) is 1.70. The molecule has 1 aliphatic rings. The van der Waals surface area contributed by atoms with Crippen molar-refractivity contribution in [2.45, 2.75) is 38.5 Å². The first kappa shape index (κ1) is 10.1. The fourth-order valence-electron chi connectivity index (χ4n) is 1.62. The molecule has 1 saturated carbocycles. The molecule has 0 unspecified atom stereocenters. The molecule has 0 atom stereocenters. The number of halogens is 2. The van der Waals surface area contributed by atoms with Crippen molar-refractivity contribution in [2.75, 3.05) is 0 Å². The van der Waals surface area contributed by atoms with Crippen LogP contribution in [0.1, 0.15) is 49.7 Å². The van der Waals surface area contributed by atoms with Crippen LogP contribution < -0.4 is 0 Å². The van der Waals surface area contributed by atoms with E-state index in [0.717, 1.165) is 28.4 Å². The van der Waals surface area contributed by atoms with E-state index in [0.29, 0.717) is 11.8 Å². The van der Waals surface area contributed by atoms with Crippen molar-refractivity contribution in [1.82, 2.24) is 4.98 Å². The largest absolute Gasteiger partial charge is 0.228 e. The maximum absolute atomic E-state index is 13.4. The number of rotatable bonds is 2. The highest BCUT2D eigenvalue weighted by atomic mass is 79.9. The van der Waals surface area contributed by atoms with Crippen LogP contribution in [-0.2, 0) is 0 Å². The molecule has 0 aromatic carbocycles. The summed E-state index contributed by atoms with van der Waals surface area (Å²) in [5.41, 5.74) is 1.89. The lowest BCUT2D eigenvalue weighted by Gasteiger charge is -2.12. The van der Waals surface area contributed by atoms with Crippen LogP contribution in [0, 0.1) is 5.95 Å². The van der Waals surface area contributed by atoms with Gasteiger partial charge in [0.2, 0.25) is 5.95 Å². The molecule has 0 saturated heterocycles. The molecule has 0 aliphatic heterocycles. The lowest BCUT2D eigenvalue weighted by molar-refractivity contribution is 0.562. The van der Waals surface area contributed by atoms with Crippen molar-refractivity contribution < 1.29 is 4.39 Å². The van der Waals surface area contributed by atoms with Gasteiger partial charge in [0.05, 0.1) is 0 Å². The highest BCUT2D eigenvalue weighted by Crippen LogP contribution is 2.45. The second-order valence-corrected chi connectivity index (χ2v) is 4.95. The zero-order valence-electron chi connectivity index (χ0n) is 8.35. The van der Waals surface area contributed by atoms with Gasteiger partial charge in [-0.2, -0.15) is 4.39 Å². The normalized spacial score (nSPS) is 16.4. The standard InChI is InChI=1S/C11H13BrFN/c1-6(2)8-5-14-11(13)9(10(8)12)7-3-4-7/h5-7H,3-4H2,1-2H3. The Labute approximate surface area is 91.9 Å². The highest BCUT2D eigenvalue weighted by molar-refractivity contribution is 9.10. The van der Waals surface area contributed by atoms with Gasteiger partial charge in [-0.15, -0.1) is 0 Å². The van der Waals surface area contributed by atoms with Gasteiger partial charge in [0.25, 0.3) is 0 Å². The van der Waals surface area contributed by atoms with E-state index in [1.807, 2.05) is 0 Å². The number of hydrogen-bond acceptors (Lipinski definition) is 1. The molecular weight excluding hydrogens is 245 g/mol. The predicted molar refractivity (Wildman–Crippen MR) is 58.0 cm³/mol. The van der Waals surface area contributed by atoms with E-state index in [-0.39, 0.29) is 5.95 Å². The zero-order chi connectivity index (χ0) is 10.3. The quantitative estimate of drug-likeness (QED) is 0.731. The van der Waals surface area contributed by atoms with Gasteiger partial charge in [0, 0.05) is 16.2 Å². The van der Waals surface area contributed by atoms with Crippen LogP contribution >= 0.6 is 15.9 Å². The topological polar surface area (TPSA) is 12.9 Å². The Bertz CT molecular complexity index is 359. The molecule has 1 nitrogen and oxygen atoms in total. The fourth-order valence-corrected chi connectivity index (χ4v) is 2.67. The molecule has 1 aromatic heterocycles. The van der Waals surface area contributed by atoms with Crippen molar-refractivity contribution in [3.63, 3.8) is 0 Å². The average Bonchev–Trinajstić information content (AvgIpc) is 2.87. The summed E-state index contributed by atoms with van der Waals surface area (Å²) >= 11 is 3.49. The molecule has 0 bridgehead atoms. The van der Waals surface area contributed by atoms with Gasteiger partial charge in [-0.1, -0.05) is 13.8 Å². The third-order valence-corrected chi connectivity index (χ3v) is 3.52. The molecule has 1 fully saturated rings. The van der Waals surface area contributed by atoms with Crippen molar-refractivity contribution in [3.8, 4) is 0 Å². The zero-order valence-corrected chi connectivity index (χ0v) is 9.94. The Hall–Kier alpha value is -0.440. The summed E-state index contributed by atoms with van der Waals surface area (Å²) in [6.45, 7) is 4.19. The van der Waals surface area contributed by atoms with E-state index < -0.39 is 0 Å². The molecule has 0 spiro atoms. The summed E-state index contributed by atoms with van der Waals surface area (Å²) in [5.74, 6) is 0.481. The van der Waals surface area contributed by atoms with Gasteiger partial charge in [-0.25, -0.2) is 4.98 Å². The van der Waals surface area contributed by atoms with Gasteiger partial charge in [0.1, 0.15) is 0 Å². The number of hydrogen-bond donors (Lipinski definition) is 0. The van der Waals surface area contributed by atoms with Crippen molar-refractivity contribution in [2.24, 2.45) is 0 Å². The van der Waals surface area contributed by atoms with Gasteiger partial charge in [-0.05, 0) is 46.2 Å². The van der Waals surface area contributed by atoms with E-state index in [2.05, 4.69) is 34.8 Å². The predicted octanol–water partition coefficient (Wildman–Crippen LogP) is 3.98. The van der Waals surface area contributed by atoms with E-state index in [1.165, 1.54) is 0 Å².